The van der Waals surface area contributed by atoms with Crippen LogP contribution in [-0.2, 0) is 14.3 Å². The molecule has 3 N–H and O–H groups in total. The molecule has 0 aliphatic rings. The van der Waals surface area contributed by atoms with E-state index in [4.69, 9.17) is 4.74 Å². The van der Waals surface area contributed by atoms with Crippen LogP contribution in [0.4, 0.5) is 4.79 Å². The van der Waals surface area contributed by atoms with Crippen LogP contribution in [0, 0.1) is 13.8 Å². The zero-order valence-corrected chi connectivity index (χ0v) is 21.3. The van der Waals surface area contributed by atoms with Crippen LogP contribution in [0.2, 0.25) is 0 Å². The second-order valence-corrected chi connectivity index (χ2v) is 9.40. The third kappa shape index (κ3) is 8.35. The number of carbonyl (C=O) groups excluding carboxylic acids is 3. The van der Waals surface area contributed by atoms with Crippen molar-refractivity contribution in [1.29, 1.82) is 0 Å². The smallest absolute Gasteiger partial charge is 0.408 e. The minimum absolute atomic E-state index is 0.0579. The van der Waals surface area contributed by atoms with Gasteiger partial charge < -0.3 is 25.4 Å². The molecule has 0 aromatic heterocycles. The fraction of sp³-hybridized carbons (Fsp3) is 0.640. The first kappa shape index (κ1) is 28.4. The van der Waals surface area contributed by atoms with E-state index in [9.17, 15) is 19.5 Å². The maximum absolute atomic E-state index is 13.4. The highest BCUT2D eigenvalue weighted by Crippen LogP contribution is 2.27. The van der Waals surface area contributed by atoms with Gasteiger partial charge in [-0.15, -0.1) is 0 Å². The molecule has 0 spiro atoms. The zero-order chi connectivity index (χ0) is 25.3. The number of aliphatic hydroxyl groups is 1. The first-order valence-electron chi connectivity index (χ1n) is 11.6. The van der Waals surface area contributed by atoms with Gasteiger partial charge in [-0.2, -0.15) is 0 Å². The molecule has 0 aliphatic heterocycles. The Hall–Kier alpha value is -2.61. The summed E-state index contributed by atoms with van der Waals surface area (Å²) in [5, 5.41) is 15.3. The Morgan fingerprint density at radius 2 is 1.76 bits per heavy atom. The van der Waals surface area contributed by atoms with Crippen LogP contribution in [0.3, 0.4) is 0 Å². The van der Waals surface area contributed by atoms with Gasteiger partial charge in [0.2, 0.25) is 11.8 Å². The third-order valence-electron chi connectivity index (χ3n) is 5.41. The number of nitrogens with one attached hydrogen (secondary N) is 2. The van der Waals surface area contributed by atoms with Crippen LogP contribution in [0.15, 0.2) is 18.2 Å². The van der Waals surface area contributed by atoms with Crippen molar-refractivity contribution in [2.45, 2.75) is 92.0 Å². The number of hydrogen-bond acceptors (Lipinski definition) is 5. The summed E-state index contributed by atoms with van der Waals surface area (Å²) in [4.78, 5) is 40.5. The number of aliphatic hydroxyl groups excluding tert-OH is 1. The minimum Gasteiger partial charge on any atom is -0.444 e. The van der Waals surface area contributed by atoms with Gasteiger partial charge in [-0.25, -0.2) is 4.79 Å². The number of carbonyl (C=O) groups is 3. The lowest BCUT2D eigenvalue weighted by Gasteiger charge is -2.34. The molecular weight excluding hydrogens is 422 g/mol. The second kappa shape index (κ2) is 12.6. The third-order valence-corrected chi connectivity index (χ3v) is 5.41. The zero-order valence-electron chi connectivity index (χ0n) is 21.3. The lowest BCUT2D eigenvalue weighted by molar-refractivity contribution is -0.143. The number of benzene rings is 1. The molecular formula is C25H41N3O5. The highest BCUT2D eigenvalue weighted by Gasteiger charge is 2.36. The predicted octanol–water partition coefficient (Wildman–Crippen LogP) is 3.38. The van der Waals surface area contributed by atoms with Gasteiger partial charge in [0, 0.05) is 12.6 Å². The van der Waals surface area contributed by atoms with Crippen LogP contribution < -0.4 is 10.6 Å². The molecule has 3 amide bonds. The maximum Gasteiger partial charge on any atom is 0.408 e. The van der Waals surface area contributed by atoms with Crippen LogP contribution in [0.1, 0.15) is 77.1 Å². The van der Waals surface area contributed by atoms with Crippen LogP contribution in [0.5, 0.6) is 0 Å². The van der Waals surface area contributed by atoms with E-state index >= 15 is 0 Å². The molecule has 1 aromatic carbocycles. The molecule has 0 fully saturated rings. The van der Waals surface area contributed by atoms with Crippen molar-refractivity contribution in [1.82, 2.24) is 15.5 Å². The molecule has 0 bridgehead atoms. The van der Waals surface area contributed by atoms with E-state index < -0.39 is 36.3 Å². The van der Waals surface area contributed by atoms with Crippen molar-refractivity contribution in [3.05, 3.63) is 34.9 Å². The van der Waals surface area contributed by atoms with Gasteiger partial charge in [0.1, 0.15) is 17.7 Å². The van der Waals surface area contributed by atoms with Crippen molar-refractivity contribution in [3.8, 4) is 0 Å². The molecule has 0 saturated carbocycles. The predicted molar refractivity (Wildman–Crippen MR) is 129 cm³/mol. The molecule has 0 saturated heterocycles. The van der Waals surface area contributed by atoms with Gasteiger partial charge in [0.25, 0.3) is 0 Å². The van der Waals surface area contributed by atoms with E-state index in [-0.39, 0.29) is 18.5 Å². The highest BCUT2D eigenvalue weighted by molar-refractivity contribution is 5.92. The monoisotopic (exact) mass is 463 g/mol. The molecule has 1 aromatic rings. The van der Waals surface area contributed by atoms with E-state index in [0.29, 0.717) is 5.56 Å². The summed E-state index contributed by atoms with van der Waals surface area (Å²) in [6, 6.07) is 3.43. The molecule has 0 radical (unpaired) electrons. The van der Waals surface area contributed by atoms with Crippen molar-refractivity contribution in [2.75, 3.05) is 13.2 Å². The molecule has 8 heteroatoms. The first-order valence-corrected chi connectivity index (χ1v) is 11.6. The average Bonchev–Trinajstić information content (AvgIpc) is 2.70. The summed E-state index contributed by atoms with van der Waals surface area (Å²) < 4.78 is 5.23. The maximum atomic E-state index is 13.4. The lowest BCUT2D eigenvalue weighted by atomic mass is 9.95. The summed E-state index contributed by atoms with van der Waals surface area (Å²) in [5.74, 6) is -0.858. The molecule has 33 heavy (non-hydrogen) atoms. The van der Waals surface area contributed by atoms with E-state index in [2.05, 4.69) is 10.6 Å². The minimum atomic E-state index is -1.24. The number of aryl methyl sites for hydroxylation is 1. The van der Waals surface area contributed by atoms with Gasteiger partial charge in [-0.1, -0.05) is 31.5 Å². The Kier molecular flexibility index (Phi) is 10.8. The van der Waals surface area contributed by atoms with Gasteiger partial charge in [-0.05, 0) is 71.6 Å². The largest absolute Gasteiger partial charge is 0.444 e. The Balaban J connectivity index is 3.34. The summed E-state index contributed by atoms with van der Waals surface area (Å²) in [7, 11) is 0. The lowest BCUT2D eigenvalue weighted by Crippen LogP contribution is -2.54. The highest BCUT2D eigenvalue weighted by atomic mass is 16.6. The Bertz CT molecular complexity index is 819. The van der Waals surface area contributed by atoms with E-state index in [1.807, 2.05) is 45.9 Å². The van der Waals surface area contributed by atoms with Crippen molar-refractivity contribution in [2.24, 2.45) is 0 Å². The topological polar surface area (TPSA) is 108 Å². The van der Waals surface area contributed by atoms with Crippen molar-refractivity contribution >= 4 is 17.9 Å². The number of ether oxygens (including phenoxy) is 1. The van der Waals surface area contributed by atoms with E-state index in [1.165, 1.54) is 4.90 Å². The Morgan fingerprint density at radius 3 is 2.27 bits per heavy atom. The van der Waals surface area contributed by atoms with Gasteiger partial charge >= 0.3 is 6.09 Å². The Labute approximate surface area is 198 Å². The number of likely N-dealkylation sites (N-methyl/N-ethyl adjacent to an activating group) is 1. The van der Waals surface area contributed by atoms with Gasteiger partial charge in [0.05, 0.1) is 6.61 Å². The molecule has 0 aliphatic carbocycles. The summed E-state index contributed by atoms with van der Waals surface area (Å²) in [6.07, 6.45) is 0.915. The summed E-state index contributed by atoms with van der Waals surface area (Å²) >= 11 is 0. The van der Waals surface area contributed by atoms with Gasteiger partial charge in [-0.3, -0.25) is 9.59 Å². The first-order chi connectivity index (χ1) is 15.4. The van der Waals surface area contributed by atoms with Crippen LogP contribution in [-0.4, -0.2) is 58.8 Å². The number of amides is 3. The quantitative estimate of drug-likeness (QED) is 0.493. The van der Waals surface area contributed by atoms with Crippen LogP contribution in [0.25, 0.3) is 0 Å². The van der Waals surface area contributed by atoms with E-state index in [0.717, 1.165) is 24.0 Å². The molecule has 1 rings (SSSR count). The number of nitrogens with zero attached hydrogens (tertiary/aromatic N) is 1. The summed E-state index contributed by atoms with van der Waals surface area (Å²) in [6.45, 7) is 14.3. The van der Waals surface area contributed by atoms with Crippen LogP contribution >= 0.6 is 0 Å². The average molecular weight is 464 g/mol. The molecule has 3 unspecified atom stereocenters. The number of rotatable bonds is 10. The molecule has 8 nitrogen and oxygen atoms in total. The molecule has 0 heterocycles. The standard InChI is InChI=1S/C25H41N3O5/c1-9-12-17(4)26-22(30)21(19-14-11-13-16(3)18(19)5)28(10-2)23(31)20(15-29)27-24(32)33-25(6,7)8/h11,13-14,17,20-21,29H,9-10,12,15H2,1-8H3,(H,26,30)(H,27,32). The fourth-order valence-electron chi connectivity index (χ4n) is 3.65. The fourth-order valence-corrected chi connectivity index (χ4v) is 3.65. The number of alkyl carbamates (subject to hydrolysis) is 1. The molecule has 3 atom stereocenters. The van der Waals surface area contributed by atoms with Crippen molar-refractivity contribution in [3.63, 3.8) is 0 Å². The van der Waals surface area contributed by atoms with Crippen molar-refractivity contribution < 1.29 is 24.2 Å². The van der Waals surface area contributed by atoms with E-state index in [1.54, 1.807) is 27.7 Å². The summed E-state index contributed by atoms with van der Waals surface area (Å²) in [5.41, 5.74) is 1.86. The Morgan fingerprint density at radius 1 is 1.12 bits per heavy atom. The van der Waals surface area contributed by atoms with Gasteiger partial charge in [0.15, 0.2) is 0 Å². The normalized spacial score (nSPS) is 14.1. The second-order valence-electron chi connectivity index (χ2n) is 9.40. The SMILES string of the molecule is CCCC(C)NC(=O)C(c1cccc(C)c1C)N(CC)C(=O)C(CO)NC(=O)OC(C)(C)C. The molecule has 186 valence electrons. The number of hydrogen-bond donors (Lipinski definition) is 3.